The first-order valence-corrected chi connectivity index (χ1v) is 7.57. The van der Waals surface area contributed by atoms with Gasteiger partial charge in [0.2, 0.25) is 5.78 Å². The summed E-state index contributed by atoms with van der Waals surface area (Å²) in [5.74, 6) is 0.0711. The second-order valence-electron chi connectivity index (χ2n) is 5.47. The smallest absolute Gasteiger partial charge is 0.201 e. The van der Waals surface area contributed by atoms with Gasteiger partial charge in [0.15, 0.2) is 0 Å². The molecule has 1 aromatic heterocycles. The summed E-state index contributed by atoms with van der Waals surface area (Å²) in [7, 11) is 0. The highest BCUT2D eigenvalue weighted by Crippen LogP contribution is 2.21. The Morgan fingerprint density at radius 3 is 2.71 bits per heavy atom. The molecular weight excluding hydrogens is 302 g/mol. The minimum atomic E-state index is -0.127. The molecule has 5 heteroatoms. The van der Waals surface area contributed by atoms with E-state index in [0.29, 0.717) is 5.69 Å². The third-order valence-electron chi connectivity index (χ3n) is 3.67. The van der Waals surface area contributed by atoms with Gasteiger partial charge in [-0.25, -0.2) is 0 Å². The summed E-state index contributed by atoms with van der Waals surface area (Å²) < 4.78 is 0. The van der Waals surface area contributed by atoms with Gasteiger partial charge in [-0.3, -0.25) is 14.9 Å². The quantitative estimate of drug-likeness (QED) is 0.559. The van der Waals surface area contributed by atoms with Crippen molar-refractivity contribution in [3.8, 4) is 17.0 Å². The Hall–Kier alpha value is -3.21. The van der Waals surface area contributed by atoms with Crippen molar-refractivity contribution in [2.24, 2.45) is 4.99 Å². The van der Waals surface area contributed by atoms with Crippen LogP contribution in [0.1, 0.15) is 21.6 Å². The first-order chi connectivity index (χ1) is 11.6. The second-order valence-corrected chi connectivity index (χ2v) is 5.47. The number of nitrogens with zero attached hydrogens (tertiary/aromatic N) is 2. The normalized spacial score (nSPS) is 11.0. The van der Waals surface area contributed by atoms with Crippen LogP contribution in [-0.2, 0) is 0 Å². The lowest BCUT2D eigenvalue weighted by Gasteiger charge is -1.99. The third-order valence-corrected chi connectivity index (χ3v) is 3.67. The zero-order chi connectivity index (χ0) is 16.9. The predicted octanol–water partition coefficient (Wildman–Crippen LogP) is 3.39. The van der Waals surface area contributed by atoms with E-state index in [9.17, 15) is 9.90 Å². The summed E-state index contributed by atoms with van der Waals surface area (Å²) in [6.07, 6.45) is 1.61. The number of phenolic OH excluding ortho intramolecular Hbond substituents is 1. The largest absolute Gasteiger partial charge is 0.508 e. The number of aromatic nitrogens is 2. The molecule has 0 spiro atoms. The summed E-state index contributed by atoms with van der Waals surface area (Å²) in [5, 5.41) is 16.2. The predicted molar refractivity (Wildman–Crippen MR) is 93.7 cm³/mol. The molecule has 0 radical (unpaired) electrons. The van der Waals surface area contributed by atoms with Crippen LogP contribution in [-0.4, -0.2) is 33.8 Å². The van der Waals surface area contributed by atoms with Crippen molar-refractivity contribution in [1.82, 2.24) is 10.2 Å². The van der Waals surface area contributed by atoms with E-state index in [0.717, 1.165) is 22.4 Å². The molecule has 2 N–H and O–H groups in total. The maximum atomic E-state index is 12.2. The van der Waals surface area contributed by atoms with Crippen molar-refractivity contribution in [3.63, 3.8) is 0 Å². The van der Waals surface area contributed by atoms with Crippen molar-refractivity contribution in [2.75, 3.05) is 6.54 Å². The van der Waals surface area contributed by atoms with Gasteiger partial charge in [-0.1, -0.05) is 24.3 Å². The third kappa shape index (κ3) is 3.57. The molecule has 3 rings (SSSR count). The molecule has 0 amide bonds. The number of aromatic hydroxyl groups is 1. The average molecular weight is 319 g/mol. The van der Waals surface area contributed by atoms with Crippen LogP contribution >= 0.6 is 0 Å². The van der Waals surface area contributed by atoms with Gasteiger partial charge in [0.1, 0.15) is 18.0 Å². The van der Waals surface area contributed by atoms with Crippen LogP contribution in [0.4, 0.5) is 0 Å². The van der Waals surface area contributed by atoms with Crippen molar-refractivity contribution >= 4 is 12.0 Å². The van der Waals surface area contributed by atoms with Gasteiger partial charge < -0.3 is 5.11 Å². The first kappa shape index (κ1) is 15.7. The minimum Gasteiger partial charge on any atom is -0.508 e. The first-order valence-electron chi connectivity index (χ1n) is 7.57. The van der Waals surface area contributed by atoms with Crippen LogP contribution in [0.25, 0.3) is 11.3 Å². The molecule has 0 saturated carbocycles. The van der Waals surface area contributed by atoms with Gasteiger partial charge in [-0.05, 0) is 48.4 Å². The Labute approximate surface area is 139 Å². The standard InChI is InChI=1S/C19H17N3O2/c1-13-4-2-3-5-16(13)17-10-18(22-21-17)19(24)12-20-11-14-6-8-15(23)9-7-14/h2-11,23H,12H2,1H3,(H,21,22). The number of carbonyl (C=O) groups is 1. The van der Waals surface area contributed by atoms with E-state index >= 15 is 0 Å². The highest BCUT2D eigenvalue weighted by molar-refractivity contribution is 5.98. The molecule has 1 heterocycles. The molecule has 0 fully saturated rings. The Bertz CT molecular complexity index is 880. The molecule has 5 nitrogen and oxygen atoms in total. The summed E-state index contributed by atoms with van der Waals surface area (Å²) in [4.78, 5) is 16.3. The number of ketones is 1. The number of hydrogen-bond donors (Lipinski definition) is 2. The molecule has 0 bridgehead atoms. The van der Waals surface area contributed by atoms with Crippen LogP contribution in [0.15, 0.2) is 59.6 Å². The molecule has 3 aromatic rings. The van der Waals surface area contributed by atoms with Crippen molar-refractivity contribution < 1.29 is 9.90 Å². The fourth-order valence-electron chi connectivity index (χ4n) is 2.34. The Balaban J connectivity index is 1.68. The number of Topliss-reactive ketones (excluding diaryl/α,β-unsaturated/α-hetero) is 1. The zero-order valence-electron chi connectivity index (χ0n) is 13.2. The number of hydrogen-bond acceptors (Lipinski definition) is 4. The van der Waals surface area contributed by atoms with Crippen LogP contribution in [0.2, 0.25) is 0 Å². The van der Waals surface area contributed by atoms with E-state index < -0.39 is 0 Å². The number of H-pyrrole nitrogens is 1. The number of benzene rings is 2. The van der Waals surface area contributed by atoms with Crippen molar-refractivity contribution in [2.45, 2.75) is 6.92 Å². The summed E-state index contributed by atoms with van der Waals surface area (Å²) >= 11 is 0. The van der Waals surface area contributed by atoms with E-state index in [4.69, 9.17) is 0 Å². The number of carbonyl (C=O) groups excluding carboxylic acids is 1. The van der Waals surface area contributed by atoms with Gasteiger partial charge in [-0.15, -0.1) is 0 Å². The lowest BCUT2D eigenvalue weighted by atomic mass is 10.1. The number of rotatable bonds is 5. The molecule has 0 aliphatic rings. The Morgan fingerprint density at radius 1 is 1.21 bits per heavy atom. The number of aryl methyl sites for hydroxylation is 1. The van der Waals surface area contributed by atoms with E-state index in [2.05, 4.69) is 15.2 Å². The number of aromatic amines is 1. The van der Waals surface area contributed by atoms with Crippen LogP contribution in [0.3, 0.4) is 0 Å². The molecule has 0 saturated heterocycles. The van der Waals surface area contributed by atoms with E-state index in [1.54, 1.807) is 36.5 Å². The van der Waals surface area contributed by atoms with Gasteiger partial charge in [0.25, 0.3) is 0 Å². The fraction of sp³-hybridized carbons (Fsp3) is 0.105. The van der Waals surface area contributed by atoms with Gasteiger partial charge in [0.05, 0.1) is 5.69 Å². The number of nitrogens with one attached hydrogen (secondary N) is 1. The second kappa shape index (κ2) is 6.91. The van der Waals surface area contributed by atoms with E-state index in [-0.39, 0.29) is 18.1 Å². The molecule has 0 unspecified atom stereocenters. The lowest BCUT2D eigenvalue weighted by molar-refractivity contribution is 0.0997. The van der Waals surface area contributed by atoms with Crippen molar-refractivity contribution in [3.05, 3.63) is 71.4 Å². The monoisotopic (exact) mass is 319 g/mol. The van der Waals surface area contributed by atoms with E-state index in [1.165, 1.54) is 0 Å². The van der Waals surface area contributed by atoms with Gasteiger partial charge in [0, 0.05) is 11.8 Å². The van der Waals surface area contributed by atoms with E-state index in [1.807, 2.05) is 31.2 Å². The number of phenols is 1. The van der Waals surface area contributed by atoms with Crippen LogP contribution < -0.4 is 0 Å². The average Bonchev–Trinajstić information content (AvgIpc) is 3.07. The summed E-state index contributed by atoms with van der Waals surface area (Å²) in [6, 6.07) is 16.3. The SMILES string of the molecule is Cc1ccccc1-c1cc(C(=O)CN=Cc2ccc(O)cc2)[nH]n1. The maximum Gasteiger partial charge on any atom is 0.201 e. The van der Waals surface area contributed by atoms with Gasteiger partial charge >= 0.3 is 0 Å². The highest BCUT2D eigenvalue weighted by Gasteiger charge is 2.11. The Morgan fingerprint density at radius 2 is 1.96 bits per heavy atom. The molecule has 0 atom stereocenters. The molecule has 0 aliphatic heterocycles. The Kier molecular flexibility index (Phi) is 4.52. The molecular formula is C19H17N3O2. The lowest BCUT2D eigenvalue weighted by Crippen LogP contribution is -2.04. The van der Waals surface area contributed by atoms with Gasteiger partial charge in [-0.2, -0.15) is 5.10 Å². The molecule has 24 heavy (non-hydrogen) atoms. The fourth-order valence-corrected chi connectivity index (χ4v) is 2.34. The summed E-state index contributed by atoms with van der Waals surface area (Å²) in [6.45, 7) is 2.05. The minimum absolute atomic E-state index is 0.0380. The molecule has 120 valence electrons. The zero-order valence-corrected chi connectivity index (χ0v) is 13.2. The summed E-state index contributed by atoms with van der Waals surface area (Å²) in [5.41, 5.74) is 4.12. The topological polar surface area (TPSA) is 78.3 Å². The molecule has 2 aromatic carbocycles. The van der Waals surface area contributed by atoms with Crippen molar-refractivity contribution in [1.29, 1.82) is 0 Å². The maximum absolute atomic E-state index is 12.2. The van der Waals surface area contributed by atoms with Crippen LogP contribution in [0, 0.1) is 6.92 Å². The van der Waals surface area contributed by atoms with Crippen LogP contribution in [0.5, 0.6) is 5.75 Å². The highest BCUT2D eigenvalue weighted by atomic mass is 16.3. The molecule has 0 aliphatic carbocycles. The number of aliphatic imine (C=N–C) groups is 1.